The van der Waals surface area contributed by atoms with Gasteiger partial charge in [-0.1, -0.05) is 29.3 Å². The number of nitrogens with zero attached hydrogens (tertiary/aromatic N) is 1. The summed E-state index contributed by atoms with van der Waals surface area (Å²) in [7, 11) is 0. The highest BCUT2D eigenvalue weighted by Gasteiger charge is 2.03. The smallest absolute Gasteiger partial charge is 0.269 e. The van der Waals surface area contributed by atoms with Crippen molar-refractivity contribution in [2.45, 2.75) is 5.75 Å². The van der Waals surface area contributed by atoms with Gasteiger partial charge in [-0.05, 0) is 41.5 Å². The van der Waals surface area contributed by atoms with Crippen LogP contribution in [-0.4, -0.2) is 23.1 Å². The minimum atomic E-state index is -0.462. The minimum Gasteiger partial charge on any atom is -0.352 e. The van der Waals surface area contributed by atoms with Crippen molar-refractivity contribution in [2.24, 2.45) is 0 Å². The maximum absolute atomic E-state index is 11.8. The first-order chi connectivity index (χ1) is 12.5. The van der Waals surface area contributed by atoms with E-state index in [1.807, 2.05) is 12.1 Å². The Bertz CT molecular complexity index is 811. The van der Waals surface area contributed by atoms with Crippen LogP contribution in [-0.2, 0) is 10.5 Å². The molecule has 26 heavy (non-hydrogen) atoms. The summed E-state index contributed by atoms with van der Waals surface area (Å²) in [6, 6.07) is 11.5. The molecule has 2 rings (SSSR count). The molecule has 0 spiro atoms. The third-order valence-electron chi connectivity index (χ3n) is 3.33. The maximum atomic E-state index is 11.8. The molecule has 8 heteroatoms. The fourth-order valence-electron chi connectivity index (χ4n) is 2.00. The Morgan fingerprint density at radius 1 is 1.15 bits per heavy atom. The summed E-state index contributed by atoms with van der Waals surface area (Å²) in [5.41, 5.74) is 1.82. The van der Waals surface area contributed by atoms with Crippen LogP contribution in [0, 0.1) is 10.1 Å². The topological polar surface area (TPSA) is 72.2 Å². The number of benzene rings is 2. The van der Waals surface area contributed by atoms with Crippen LogP contribution in [0.15, 0.2) is 48.5 Å². The largest absolute Gasteiger partial charge is 0.352 e. The molecule has 0 unspecified atom stereocenters. The fourth-order valence-corrected chi connectivity index (χ4v) is 3.13. The molecule has 0 saturated heterocycles. The molecule has 5 nitrogen and oxygen atoms in total. The zero-order chi connectivity index (χ0) is 18.9. The minimum absolute atomic E-state index is 0.0191. The van der Waals surface area contributed by atoms with Gasteiger partial charge in [0.05, 0.1) is 15.0 Å². The van der Waals surface area contributed by atoms with E-state index in [0.29, 0.717) is 16.6 Å². The molecule has 0 aromatic heterocycles. The Morgan fingerprint density at radius 3 is 2.54 bits per heavy atom. The summed E-state index contributed by atoms with van der Waals surface area (Å²) < 4.78 is 0. The first-order valence-corrected chi connectivity index (χ1v) is 9.59. The molecule has 0 fully saturated rings. The highest BCUT2D eigenvalue weighted by Crippen LogP contribution is 2.24. The maximum Gasteiger partial charge on any atom is 0.269 e. The Hall–Kier alpha value is -2.02. The Balaban J connectivity index is 1.68. The monoisotopic (exact) mass is 410 g/mol. The molecule has 0 atom stereocenters. The molecule has 1 N–H and O–H groups in total. The van der Waals surface area contributed by atoms with Crippen LogP contribution in [0.3, 0.4) is 0 Å². The van der Waals surface area contributed by atoms with Gasteiger partial charge in [0.15, 0.2) is 0 Å². The average molecular weight is 411 g/mol. The third kappa shape index (κ3) is 6.71. The van der Waals surface area contributed by atoms with E-state index in [1.165, 1.54) is 18.2 Å². The highest BCUT2D eigenvalue weighted by atomic mass is 35.5. The van der Waals surface area contributed by atoms with Crippen molar-refractivity contribution in [3.05, 3.63) is 79.8 Å². The number of hydrogen-bond donors (Lipinski definition) is 1. The molecule has 0 heterocycles. The zero-order valence-corrected chi connectivity index (χ0v) is 16.0. The normalized spacial score (nSPS) is 10.8. The van der Waals surface area contributed by atoms with Gasteiger partial charge in [-0.25, -0.2) is 0 Å². The van der Waals surface area contributed by atoms with E-state index in [9.17, 15) is 14.9 Å². The van der Waals surface area contributed by atoms with E-state index in [2.05, 4.69) is 5.32 Å². The van der Waals surface area contributed by atoms with Gasteiger partial charge in [-0.2, -0.15) is 11.8 Å². The number of carbonyl (C=O) groups is 1. The number of rotatable bonds is 8. The first-order valence-electron chi connectivity index (χ1n) is 7.68. The van der Waals surface area contributed by atoms with Crippen molar-refractivity contribution in [3.8, 4) is 0 Å². The molecule has 0 aliphatic rings. The molecule has 136 valence electrons. The van der Waals surface area contributed by atoms with Crippen LogP contribution in [0.5, 0.6) is 0 Å². The molecule has 0 bridgehead atoms. The Kier molecular flexibility index (Phi) is 7.97. The van der Waals surface area contributed by atoms with Crippen LogP contribution in [0.25, 0.3) is 6.08 Å². The predicted molar refractivity (Wildman–Crippen MR) is 108 cm³/mol. The van der Waals surface area contributed by atoms with Crippen LogP contribution in [0.2, 0.25) is 10.0 Å². The number of amides is 1. The second-order valence-electron chi connectivity index (χ2n) is 5.27. The lowest BCUT2D eigenvalue weighted by atomic mass is 10.2. The van der Waals surface area contributed by atoms with Gasteiger partial charge in [-0.15, -0.1) is 0 Å². The van der Waals surface area contributed by atoms with Crippen molar-refractivity contribution < 1.29 is 9.72 Å². The van der Waals surface area contributed by atoms with Gasteiger partial charge in [0, 0.05) is 36.3 Å². The number of nitro groups is 1. The van der Waals surface area contributed by atoms with Gasteiger partial charge in [0.2, 0.25) is 5.91 Å². The Labute approximate surface area is 165 Å². The number of non-ortho nitro benzene ring substituents is 1. The lowest BCUT2D eigenvalue weighted by Crippen LogP contribution is -2.23. The number of halogens is 2. The van der Waals surface area contributed by atoms with E-state index in [1.54, 1.807) is 36.0 Å². The molecule has 0 aliphatic heterocycles. The average Bonchev–Trinajstić information content (AvgIpc) is 2.63. The molecule has 2 aromatic carbocycles. The molecule has 0 aliphatic carbocycles. The van der Waals surface area contributed by atoms with E-state index in [4.69, 9.17) is 23.2 Å². The van der Waals surface area contributed by atoms with Gasteiger partial charge >= 0.3 is 0 Å². The van der Waals surface area contributed by atoms with Crippen LogP contribution in [0.1, 0.15) is 11.1 Å². The predicted octanol–water partition coefficient (Wildman–Crippen LogP) is 4.96. The number of carbonyl (C=O) groups excluding carboxylic acids is 1. The van der Waals surface area contributed by atoms with E-state index < -0.39 is 4.92 Å². The number of hydrogen-bond acceptors (Lipinski definition) is 4. The molecule has 0 saturated carbocycles. The summed E-state index contributed by atoms with van der Waals surface area (Å²) in [5, 5.41) is 14.4. The van der Waals surface area contributed by atoms with E-state index >= 15 is 0 Å². The molecule has 2 aromatic rings. The van der Waals surface area contributed by atoms with Crippen molar-refractivity contribution in [1.82, 2.24) is 5.32 Å². The van der Waals surface area contributed by atoms with Crippen molar-refractivity contribution >= 4 is 52.6 Å². The fraction of sp³-hybridized carbons (Fsp3) is 0.167. The summed E-state index contributed by atoms with van der Waals surface area (Å²) in [6.07, 6.45) is 3.02. The summed E-state index contributed by atoms with van der Waals surface area (Å²) >= 11 is 13.5. The molecule has 1 amide bonds. The van der Waals surface area contributed by atoms with Crippen LogP contribution >= 0.6 is 35.0 Å². The Morgan fingerprint density at radius 2 is 1.88 bits per heavy atom. The van der Waals surface area contributed by atoms with E-state index in [0.717, 1.165) is 22.6 Å². The second kappa shape index (κ2) is 10.2. The molecular weight excluding hydrogens is 395 g/mol. The summed E-state index contributed by atoms with van der Waals surface area (Å²) in [6.45, 7) is 0.537. The first kappa shape index (κ1) is 20.3. The quantitative estimate of drug-likeness (QED) is 0.288. The van der Waals surface area contributed by atoms with Crippen LogP contribution < -0.4 is 5.32 Å². The SMILES string of the molecule is O=C(C=Cc1ccc([N+](=O)[O-])cc1)NCCSCc1ccc(Cl)c(Cl)c1. The number of nitrogens with one attached hydrogen (secondary N) is 1. The number of thioether (sulfide) groups is 1. The van der Waals surface area contributed by atoms with Crippen LogP contribution in [0.4, 0.5) is 5.69 Å². The third-order valence-corrected chi connectivity index (χ3v) is 5.10. The van der Waals surface area contributed by atoms with Gasteiger partial charge in [0.25, 0.3) is 5.69 Å². The van der Waals surface area contributed by atoms with Crippen molar-refractivity contribution in [3.63, 3.8) is 0 Å². The van der Waals surface area contributed by atoms with Gasteiger partial charge < -0.3 is 5.32 Å². The van der Waals surface area contributed by atoms with Crippen molar-refractivity contribution in [2.75, 3.05) is 12.3 Å². The second-order valence-corrected chi connectivity index (χ2v) is 7.19. The van der Waals surface area contributed by atoms with Crippen molar-refractivity contribution in [1.29, 1.82) is 0 Å². The zero-order valence-electron chi connectivity index (χ0n) is 13.7. The lowest BCUT2D eigenvalue weighted by Gasteiger charge is -2.04. The lowest BCUT2D eigenvalue weighted by molar-refractivity contribution is -0.384. The summed E-state index contributed by atoms with van der Waals surface area (Å²) in [4.78, 5) is 21.9. The molecule has 0 radical (unpaired) electrons. The van der Waals surface area contributed by atoms with E-state index in [-0.39, 0.29) is 11.6 Å². The highest BCUT2D eigenvalue weighted by molar-refractivity contribution is 7.98. The summed E-state index contributed by atoms with van der Waals surface area (Å²) in [5.74, 6) is 1.33. The number of nitro benzene ring substituents is 1. The van der Waals surface area contributed by atoms with Gasteiger partial charge in [-0.3, -0.25) is 14.9 Å². The standard InChI is InChI=1S/C18H16Cl2N2O3S/c19-16-7-3-14(11-17(16)20)12-26-10-9-21-18(23)8-4-13-1-5-15(6-2-13)22(24)25/h1-8,11H,9-10,12H2,(H,21,23). The van der Waals surface area contributed by atoms with Gasteiger partial charge in [0.1, 0.15) is 0 Å². The molecular formula is C18H16Cl2N2O3S.